The Morgan fingerprint density at radius 3 is 2.41 bits per heavy atom. The molecule has 0 aromatic heterocycles. The number of rotatable bonds is 7. The van der Waals surface area contributed by atoms with Crippen LogP contribution >= 0.6 is 11.8 Å². The van der Waals surface area contributed by atoms with Gasteiger partial charge in [-0.15, -0.1) is 0 Å². The zero-order chi connectivity index (χ0) is 20.1. The fraction of sp³-hybridized carbons (Fsp3) is 0.650. The first kappa shape index (κ1) is 23.4. The van der Waals surface area contributed by atoms with Gasteiger partial charge in [0.1, 0.15) is 0 Å². The fourth-order valence-electron chi connectivity index (χ4n) is 2.90. The molecule has 0 aromatic rings. The Hall–Kier alpha value is -1.60. The molecule has 2 amide bonds. The van der Waals surface area contributed by atoms with Gasteiger partial charge in [-0.1, -0.05) is 49.9 Å². The Morgan fingerprint density at radius 2 is 1.81 bits per heavy atom. The van der Waals surface area contributed by atoms with Gasteiger partial charge in [0.05, 0.1) is 12.6 Å². The number of piperazine rings is 1. The van der Waals surface area contributed by atoms with Crippen LogP contribution in [0.5, 0.6) is 0 Å². The van der Waals surface area contributed by atoms with Crippen molar-refractivity contribution < 1.29 is 14.4 Å². The summed E-state index contributed by atoms with van der Waals surface area (Å²) in [5.41, 5.74) is 0. The number of thioether (sulfide) groups is 1. The number of allylic oxidation sites excluding steroid dienone is 2. The van der Waals surface area contributed by atoms with E-state index < -0.39 is 0 Å². The van der Waals surface area contributed by atoms with E-state index in [1.54, 1.807) is 6.92 Å². The van der Waals surface area contributed by atoms with Gasteiger partial charge in [-0.3, -0.25) is 19.3 Å². The van der Waals surface area contributed by atoms with E-state index in [-0.39, 0.29) is 23.0 Å². The van der Waals surface area contributed by atoms with E-state index in [9.17, 15) is 14.4 Å². The van der Waals surface area contributed by atoms with Crippen molar-refractivity contribution in [1.29, 1.82) is 0 Å². The molecule has 0 aromatic carbocycles. The van der Waals surface area contributed by atoms with Gasteiger partial charge >= 0.3 is 0 Å². The summed E-state index contributed by atoms with van der Waals surface area (Å²) in [6, 6.07) is 0.0910. The minimum atomic E-state index is 0.0333. The molecule has 27 heavy (non-hydrogen) atoms. The molecule has 0 bridgehead atoms. The smallest absolute Gasteiger partial charge is 0.234 e. The molecule has 152 valence electrons. The van der Waals surface area contributed by atoms with Crippen LogP contribution in [0.15, 0.2) is 24.3 Å². The third-order valence-corrected chi connectivity index (χ3v) is 5.16. The number of nitrogens with zero attached hydrogens (tertiary/aromatic N) is 2. The molecule has 0 spiro atoms. The maximum atomic E-state index is 12.2. The number of hydrogen-bond donors (Lipinski definition) is 1. The Labute approximate surface area is 167 Å². The molecule has 1 N–H and O–H groups in total. The summed E-state index contributed by atoms with van der Waals surface area (Å²) in [6.07, 6.45) is 10.0. The van der Waals surface area contributed by atoms with Crippen LogP contribution in [-0.2, 0) is 14.4 Å². The molecule has 2 aliphatic rings. The van der Waals surface area contributed by atoms with Crippen LogP contribution < -0.4 is 5.32 Å². The molecule has 0 saturated carbocycles. The van der Waals surface area contributed by atoms with Gasteiger partial charge in [0.2, 0.25) is 11.8 Å². The van der Waals surface area contributed by atoms with Crippen molar-refractivity contribution >= 4 is 28.7 Å². The van der Waals surface area contributed by atoms with E-state index in [2.05, 4.69) is 10.2 Å². The minimum Gasteiger partial charge on any atom is -0.348 e. The van der Waals surface area contributed by atoms with Gasteiger partial charge < -0.3 is 10.2 Å². The largest absolute Gasteiger partial charge is 0.348 e. The highest BCUT2D eigenvalue weighted by molar-refractivity contribution is 8.13. The summed E-state index contributed by atoms with van der Waals surface area (Å²) in [6.45, 7) is 8.70. The molecule has 1 fully saturated rings. The number of carbonyl (C=O) groups is 3. The van der Waals surface area contributed by atoms with Gasteiger partial charge in [0, 0.05) is 45.3 Å². The molecular weight excluding hydrogens is 362 g/mol. The lowest BCUT2D eigenvalue weighted by Crippen LogP contribution is -2.51. The van der Waals surface area contributed by atoms with Gasteiger partial charge in [0.15, 0.2) is 5.12 Å². The molecule has 6 nitrogen and oxygen atoms in total. The molecule has 1 heterocycles. The second-order valence-electron chi connectivity index (χ2n) is 6.32. The SMILES string of the molecule is CC.CC(=O)SCCCC(=O)N1CCN(CC(=O)NC2C=CC=CC2)CC1. The van der Waals surface area contributed by atoms with Crippen LogP contribution in [0, 0.1) is 0 Å². The first-order valence-corrected chi connectivity index (χ1v) is 10.8. The number of amides is 2. The van der Waals surface area contributed by atoms with Crippen LogP contribution in [0.1, 0.15) is 40.0 Å². The highest BCUT2D eigenvalue weighted by atomic mass is 32.2. The number of hydrogen-bond acceptors (Lipinski definition) is 5. The fourth-order valence-corrected chi connectivity index (χ4v) is 3.47. The average molecular weight is 396 g/mol. The van der Waals surface area contributed by atoms with Crippen LogP contribution in [0.4, 0.5) is 0 Å². The standard InChI is InChI=1S/C18H27N3O3S.C2H6/c1-15(22)25-13-5-8-18(24)21-11-9-20(10-12-21)14-17(23)19-16-6-3-2-4-7-16;1-2/h2-4,6,16H,5,7-14H2,1H3,(H,19,23);1-2H3. The molecule has 1 atom stereocenters. The predicted octanol–water partition coefficient (Wildman–Crippen LogP) is 2.22. The van der Waals surface area contributed by atoms with Crippen molar-refractivity contribution in [1.82, 2.24) is 15.1 Å². The monoisotopic (exact) mass is 395 g/mol. The van der Waals surface area contributed by atoms with Gasteiger partial charge in [-0.2, -0.15) is 0 Å². The first-order chi connectivity index (χ1) is 13.0. The van der Waals surface area contributed by atoms with Crippen molar-refractivity contribution in [2.24, 2.45) is 0 Å². The van der Waals surface area contributed by atoms with E-state index in [0.717, 1.165) is 25.9 Å². The first-order valence-electron chi connectivity index (χ1n) is 9.81. The van der Waals surface area contributed by atoms with E-state index in [1.807, 2.05) is 43.1 Å². The van der Waals surface area contributed by atoms with Crippen LogP contribution in [-0.4, -0.2) is 71.2 Å². The maximum absolute atomic E-state index is 12.2. The van der Waals surface area contributed by atoms with E-state index in [4.69, 9.17) is 0 Å². The van der Waals surface area contributed by atoms with Gasteiger partial charge in [0.25, 0.3) is 0 Å². The molecule has 1 unspecified atom stereocenters. The summed E-state index contributed by atoms with van der Waals surface area (Å²) >= 11 is 1.27. The maximum Gasteiger partial charge on any atom is 0.234 e. The molecule has 1 aliphatic carbocycles. The predicted molar refractivity (Wildman–Crippen MR) is 112 cm³/mol. The van der Waals surface area contributed by atoms with E-state index >= 15 is 0 Å². The summed E-state index contributed by atoms with van der Waals surface area (Å²) in [5.74, 6) is 0.879. The molecular formula is C20H33N3O3S. The Kier molecular flexibility index (Phi) is 11.8. The lowest BCUT2D eigenvalue weighted by molar-refractivity contribution is -0.133. The Morgan fingerprint density at radius 1 is 1.11 bits per heavy atom. The van der Waals surface area contributed by atoms with Crippen molar-refractivity contribution in [3.63, 3.8) is 0 Å². The molecule has 1 saturated heterocycles. The second kappa shape index (κ2) is 13.6. The quantitative estimate of drug-likeness (QED) is 0.670. The zero-order valence-corrected chi connectivity index (χ0v) is 17.6. The number of nitrogens with one attached hydrogen (secondary N) is 1. The third-order valence-electron chi connectivity index (χ3n) is 4.26. The van der Waals surface area contributed by atoms with Crippen molar-refractivity contribution in [2.45, 2.75) is 46.1 Å². The molecule has 1 aliphatic heterocycles. The minimum absolute atomic E-state index is 0.0333. The summed E-state index contributed by atoms with van der Waals surface area (Å²) in [5, 5.41) is 3.11. The molecule has 0 radical (unpaired) electrons. The summed E-state index contributed by atoms with van der Waals surface area (Å²) in [7, 11) is 0. The van der Waals surface area contributed by atoms with E-state index in [0.29, 0.717) is 31.8 Å². The lowest BCUT2D eigenvalue weighted by Gasteiger charge is -2.34. The second-order valence-corrected chi connectivity index (χ2v) is 7.60. The molecule has 2 rings (SSSR count). The summed E-state index contributed by atoms with van der Waals surface area (Å²) in [4.78, 5) is 39.1. The van der Waals surface area contributed by atoms with Crippen molar-refractivity contribution in [3.8, 4) is 0 Å². The molecule has 7 heteroatoms. The normalized spacial score (nSPS) is 19.2. The Bertz CT molecular complexity index is 541. The van der Waals surface area contributed by atoms with E-state index in [1.165, 1.54) is 11.8 Å². The zero-order valence-electron chi connectivity index (χ0n) is 16.8. The van der Waals surface area contributed by atoms with Crippen LogP contribution in [0.25, 0.3) is 0 Å². The van der Waals surface area contributed by atoms with Crippen molar-refractivity contribution in [2.75, 3.05) is 38.5 Å². The third kappa shape index (κ3) is 9.77. The van der Waals surface area contributed by atoms with Gasteiger partial charge in [-0.05, 0) is 12.8 Å². The highest BCUT2D eigenvalue weighted by Gasteiger charge is 2.22. The van der Waals surface area contributed by atoms with Crippen LogP contribution in [0.3, 0.4) is 0 Å². The lowest BCUT2D eigenvalue weighted by atomic mass is 10.1. The summed E-state index contributed by atoms with van der Waals surface area (Å²) < 4.78 is 0. The van der Waals surface area contributed by atoms with Crippen LogP contribution in [0.2, 0.25) is 0 Å². The van der Waals surface area contributed by atoms with Gasteiger partial charge in [-0.25, -0.2) is 0 Å². The Balaban J connectivity index is 0.00000176. The number of carbonyl (C=O) groups excluding carboxylic acids is 3. The van der Waals surface area contributed by atoms with Crippen molar-refractivity contribution in [3.05, 3.63) is 24.3 Å². The topological polar surface area (TPSA) is 69.7 Å². The average Bonchev–Trinajstić information content (AvgIpc) is 2.68. The highest BCUT2D eigenvalue weighted by Crippen LogP contribution is 2.09.